The van der Waals surface area contributed by atoms with Crippen LogP contribution < -0.4 is 5.32 Å². The van der Waals surface area contributed by atoms with Crippen LogP contribution in [-0.4, -0.2) is 22.7 Å². The van der Waals surface area contributed by atoms with Gasteiger partial charge in [0.25, 0.3) is 5.91 Å². The molecule has 21 heavy (non-hydrogen) atoms. The minimum Gasteiger partial charge on any atom is -0.508 e. The molecule has 0 aliphatic heterocycles. The zero-order valence-corrected chi connectivity index (χ0v) is 11.3. The van der Waals surface area contributed by atoms with Crippen molar-refractivity contribution in [3.8, 4) is 17.6 Å². The Morgan fingerprint density at radius 1 is 1.05 bits per heavy atom. The number of nitrogens with one attached hydrogen (secondary N) is 1. The first-order valence-electron chi connectivity index (χ1n) is 6.49. The molecule has 2 aromatic carbocycles. The van der Waals surface area contributed by atoms with Crippen molar-refractivity contribution in [2.24, 2.45) is 0 Å². The lowest BCUT2D eigenvalue weighted by Crippen LogP contribution is -2.11. The predicted molar refractivity (Wildman–Crippen MR) is 81.1 cm³/mol. The number of phenols is 1. The summed E-state index contributed by atoms with van der Waals surface area (Å²) in [4.78, 5) is 12.0. The summed E-state index contributed by atoms with van der Waals surface area (Å²) in [6, 6.07) is 13.2. The van der Waals surface area contributed by atoms with Crippen molar-refractivity contribution in [1.82, 2.24) is 0 Å². The Morgan fingerprint density at radius 3 is 2.33 bits per heavy atom. The third kappa shape index (κ3) is 4.37. The second-order valence-corrected chi connectivity index (χ2v) is 4.35. The Hall–Kier alpha value is -2.77. The Bertz CT molecular complexity index is 664. The normalized spacial score (nSPS) is 9.57. The molecule has 0 unspecified atom stereocenters. The SMILES string of the molecule is O=C(Nc1ccc(C#CCCO)cc1)c1ccc(O)cc1. The van der Waals surface area contributed by atoms with E-state index < -0.39 is 0 Å². The van der Waals surface area contributed by atoms with Crippen LogP contribution in [0.1, 0.15) is 22.3 Å². The molecule has 3 N–H and O–H groups in total. The van der Waals surface area contributed by atoms with E-state index in [2.05, 4.69) is 17.2 Å². The monoisotopic (exact) mass is 281 g/mol. The van der Waals surface area contributed by atoms with E-state index in [-0.39, 0.29) is 18.3 Å². The molecule has 106 valence electrons. The number of aliphatic hydroxyl groups excluding tert-OH is 1. The summed E-state index contributed by atoms with van der Waals surface area (Å²) in [5, 5.41) is 20.6. The molecule has 0 heterocycles. The molecule has 0 radical (unpaired) electrons. The molecule has 4 nitrogen and oxygen atoms in total. The van der Waals surface area contributed by atoms with Crippen LogP contribution in [0.5, 0.6) is 5.75 Å². The van der Waals surface area contributed by atoms with Gasteiger partial charge in [-0.15, -0.1) is 0 Å². The highest BCUT2D eigenvalue weighted by molar-refractivity contribution is 6.04. The van der Waals surface area contributed by atoms with Crippen molar-refractivity contribution in [2.75, 3.05) is 11.9 Å². The molecular weight excluding hydrogens is 266 g/mol. The van der Waals surface area contributed by atoms with Crippen molar-refractivity contribution in [1.29, 1.82) is 0 Å². The lowest BCUT2D eigenvalue weighted by atomic mass is 10.1. The maximum Gasteiger partial charge on any atom is 0.255 e. The van der Waals surface area contributed by atoms with Crippen molar-refractivity contribution >= 4 is 11.6 Å². The topological polar surface area (TPSA) is 69.6 Å². The maximum atomic E-state index is 12.0. The van der Waals surface area contributed by atoms with Crippen LogP contribution in [0.4, 0.5) is 5.69 Å². The van der Waals surface area contributed by atoms with E-state index in [0.29, 0.717) is 17.7 Å². The van der Waals surface area contributed by atoms with Gasteiger partial charge in [-0.25, -0.2) is 0 Å². The molecule has 0 saturated heterocycles. The van der Waals surface area contributed by atoms with E-state index in [4.69, 9.17) is 5.11 Å². The van der Waals surface area contributed by atoms with Gasteiger partial charge in [0.2, 0.25) is 0 Å². The molecule has 0 atom stereocenters. The molecule has 0 saturated carbocycles. The predicted octanol–water partition coefficient (Wildman–Crippen LogP) is 2.38. The lowest BCUT2D eigenvalue weighted by molar-refractivity contribution is 0.102. The number of aromatic hydroxyl groups is 1. The largest absolute Gasteiger partial charge is 0.508 e. The Morgan fingerprint density at radius 2 is 1.71 bits per heavy atom. The van der Waals surface area contributed by atoms with Gasteiger partial charge in [0.1, 0.15) is 5.75 Å². The number of carbonyl (C=O) groups excluding carboxylic acids is 1. The summed E-state index contributed by atoms with van der Waals surface area (Å²) in [5.41, 5.74) is 1.96. The highest BCUT2D eigenvalue weighted by Crippen LogP contribution is 2.13. The summed E-state index contributed by atoms with van der Waals surface area (Å²) in [7, 11) is 0. The minimum absolute atomic E-state index is 0.0494. The molecule has 0 spiro atoms. The minimum atomic E-state index is -0.242. The average molecular weight is 281 g/mol. The van der Waals surface area contributed by atoms with Crippen LogP contribution >= 0.6 is 0 Å². The first kappa shape index (κ1) is 14.6. The summed E-state index contributed by atoms with van der Waals surface area (Å²) in [6.45, 7) is 0.0494. The van der Waals surface area contributed by atoms with Crippen molar-refractivity contribution in [2.45, 2.75) is 6.42 Å². The van der Waals surface area contributed by atoms with Gasteiger partial charge >= 0.3 is 0 Å². The average Bonchev–Trinajstić information content (AvgIpc) is 2.50. The van der Waals surface area contributed by atoms with Gasteiger partial charge in [0.15, 0.2) is 0 Å². The maximum absolute atomic E-state index is 12.0. The fraction of sp³-hybridized carbons (Fsp3) is 0.118. The van der Waals surface area contributed by atoms with Crippen LogP contribution in [0, 0.1) is 11.8 Å². The van der Waals surface area contributed by atoms with E-state index >= 15 is 0 Å². The molecule has 0 fully saturated rings. The summed E-state index contributed by atoms with van der Waals surface area (Å²) in [6.07, 6.45) is 0.444. The van der Waals surface area contributed by atoms with E-state index in [0.717, 1.165) is 5.56 Å². The quantitative estimate of drug-likeness (QED) is 0.757. The van der Waals surface area contributed by atoms with Gasteiger partial charge in [-0.3, -0.25) is 4.79 Å². The van der Waals surface area contributed by atoms with E-state index in [9.17, 15) is 9.90 Å². The zero-order valence-electron chi connectivity index (χ0n) is 11.3. The molecule has 0 aliphatic carbocycles. The molecule has 0 aliphatic rings. The van der Waals surface area contributed by atoms with Gasteiger partial charge in [-0.05, 0) is 48.5 Å². The molecule has 1 amide bonds. The third-order valence-corrected chi connectivity index (χ3v) is 2.74. The van der Waals surface area contributed by atoms with Gasteiger partial charge in [0, 0.05) is 23.2 Å². The highest BCUT2D eigenvalue weighted by Gasteiger charge is 2.05. The van der Waals surface area contributed by atoms with Crippen LogP contribution in [0.15, 0.2) is 48.5 Å². The summed E-state index contributed by atoms with van der Waals surface area (Å²) < 4.78 is 0. The second-order valence-electron chi connectivity index (χ2n) is 4.35. The number of carbonyl (C=O) groups is 1. The van der Waals surface area contributed by atoms with E-state index in [1.165, 1.54) is 12.1 Å². The van der Waals surface area contributed by atoms with Gasteiger partial charge < -0.3 is 15.5 Å². The fourth-order valence-corrected chi connectivity index (χ4v) is 1.67. The van der Waals surface area contributed by atoms with Crippen molar-refractivity contribution in [3.63, 3.8) is 0 Å². The van der Waals surface area contributed by atoms with Crippen molar-refractivity contribution in [3.05, 3.63) is 59.7 Å². The van der Waals surface area contributed by atoms with Crippen molar-refractivity contribution < 1.29 is 15.0 Å². The fourth-order valence-electron chi connectivity index (χ4n) is 1.67. The zero-order chi connectivity index (χ0) is 15.1. The molecule has 2 aromatic rings. The van der Waals surface area contributed by atoms with Gasteiger partial charge in [-0.2, -0.15) is 0 Å². The number of anilines is 1. The van der Waals surface area contributed by atoms with E-state index in [1.807, 2.05) is 0 Å². The number of aliphatic hydroxyl groups is 1. The standard InChI is InChI=1S/C17H15NO3/c19-12-2-1-3-13-4-8-15(9-5-13)18-17(21)14-6-10-16(20)11-7-14/h4-11,19-20H,2,12H2,(H,18,21). The lowest BCUT2D eigenvalue weighted by Gasteiger charge is -2.05. The smallest absolute Gasteiger partial charge is 0.255 e. The molecule has 0 aromatic heterocycles. The number of benzene rings is 2. The summed E-state index contributed by atoms with van der Waals surface area (Å²) in [5.74, 6) is 5.63. The molecule has 2 rings (SSSR count). The van der Waals surface area contributed by atoms with Gasteiger partial charge in [-0.1, -0.05) is 11.8 Å². The Labute approximate surface area is 123 Å². The number of hydrogen-bond donors (Lipinski definition) is 3. The third-order valence-electron chi connectivity index (χ3n) is 2.74. The second kappa shape index (κ2) is 7.13. The molecule has 4 heteroatoms. The molecule has 0 bridgehead atoms. The van der Waals surface area contributed by atoms with Crippen LogP contribution in [0.3, 0.4) is 0 Å². The number of hydrogen-bond acceptors (Lipinski definition) is 3. The molecular formula is C17H15NO3. The Kier molecular flexibility index (Phi) is 4.97. The first-order valence-corrected chi connectivity index (χ1v) is 6.49. The van der Waals surface area contributed by atoms with Crippen LogP contribution in [-0.2, 0) is 0 Å². The number of rotatable bonds is 3. The highest BCUT2D eigenvalue weighted by atomic mass is 16.3. The summed E-state index contributed by atoms with van der Waals surface area (Å²) >= 11 is 0. The number of phenolic OH excluding ortho intramolecular Hbond substituents is 1. The van der Waals surface area contributed by atoms with E-state index in [1.54, 1.807) is 36.4 Å². The Balaban J connectivity index is 2.02. The first-order chi connectivity index (χ1) is 10.2. The van der Waals surface area contributed by atoms with Crippen LogP contribution in [0.25, 0.3) is 0 Å². The van der Waals surface area contributed by atoms with Crippen LogP contribution in [0.2, 0.25) is 0 Å². The number of amides is 1. The van der Waals surface area contributed by atoms with Gasteiger partial charge in [0.05, 0.1) is 6.61 Å².